The molecule has 2 aliphatic rings. The molecule has 0 spiro atoms. The number of piperidine rings is 1. The van der Waals surface area contributed by atoms with E-state index in [9.17, 15) is 9.59 Å². The van der Waals surface area contributed by atoms with Crippen molar-refractivity contribution in [2.75, 3.05) is 39.3 Å². The topological polar surface area (TPSA) is 52.7 Å². The van der Waals surface area contributed by atoms with Crippen molar-refractivity contribution >= 4 is 11.8 Å². The minimum atomic E-state index is -0.0333. The van der Waals surface area contributed by atoms with Crippen LogP contribution in [-0.2, 0) is 16.0 Å². The monoisotopic (exact) mass is 343 g/mol. The van der Waals surface area contributed by atoms with Crippen molar-refractivity contribution in [1.82, 2.24) is 15.1 Å². The molecule has 0 radical (unpaired) electrons. The van der Waals surface area contributed by atoms with Crippen molar-refractivity contribution in [3.8, 4) is 0 Å². The minimum Gasteiger partial charge on any atom is -0.346 e. The average molecular weight is 343 g/mol. The van der Waals surface area contributed by atoms with E-state index in [1.165, 1.54) is 5.56 Å². The van der Waals surface area contributed by atoms with Crippen LogP contribution in [-0.4, -0.2) is 60.9 Å². The fraction of sp³-hybridized carbons (Fsp3) is 0.600. The predicted molar refractivity (Wildman–Crippen MR) is 98.1 cm³/mol. The largest absolute Gasteiger partial charge is 0.346 e. The first-order valence-corrected chi connectivity index (χ1v) is 9.51. The first-order valence-electron chi connectivity index (χ1n) is 9.51. The molecule has 1 aromatic carbocycles. The van der Waals surface area contributed by atoms with E-state index in [2.05, 4.69) is 40.5 Å². The van der Waals surface area contributed by atoms with Crippen LogP contribution in [0.2, 0.25) is 0 Å². The van der Waals surface area contributed by atoms with Crippen LogP contribution in [0.4, 0.5) is 0 Å². The van der Waals surface area contributed by atoms with E-state index in [0.29, 0.717) is 12.5 Å². The molecule has 2 saturated heterocycles. The molecule has 0 bridgehead atoms. The Morgan fingerprint density at radius 2 is 1.68 bits per heavy atom. The lowest BCUT2D eigenvalue weighted by molar-refractivity contribution is -0.132. The molecule has 0 aromatic heterocycles. The van der Waals surface area contributed by atoms with Crippen LogP contribution >= 0.6 is 0 Å². The fourth-order valence-corrected chi connectivity index (χ4v) is 3.81. The number of likely N-dealkylation sites (tertiary alicyclic amines) is 2. The Balaban J connectivity index is 1.32. The third-order valence-corrected chi connectivity index (χ3v) is 5.34. The van der Waals surface area contributed by atoms with E-state index < -0.39 is 0 Å². The Bertz CT molecular complexity index is 562. The van der Waals surface area contributed by atoms with Crippen LogP contribution in [0.5, 0.6) is 0 Å². The summed E-state index contributed by atoms with van der Waals surface area (Å²) >= 11 is 0. The summed E-state index contributed by atoms with van der Waals surface area (Å²) in [6.45, 7) is 4.15. The molecule has 3 rings (SSSR count). The van der Waals surface area contributed by atoms with E-state index in [-0.39, 0.29) is 18.4 Å². The summed E-state index contributed by atoms with van der Waals surface area (Å²) in [5.41, 5.74) is 1.40. The number of nitrogens with zero attached hydrogens (tertiary/aromatic N) is 2. The van der Waals surface area contributed by atoms with E-state index >= 15 is 0 Å². The summed E-state index contributed by atoms with van der Waals surface area (Å²) in [6.07, 6.45) is 5.56. The molecular formula is C20H29N3O2. The van der Waals surface area contributed by atoms with E-state index in [1.54, 1.807) is 0 Å². The Labute approximate surface area is 150 Å². The van der Waals surface area contributed by atoms with Crippen LogP contribution in [0.15, 0.2) is 30.3 Å². The first kappa shape index (κ1) is 17.9. The zero-order chi connectivity index (χ0) is 17.5. The number of carbonyl (C=O) groups excluding carboxylic acids is 2. The van der Waals surface area contributed by atoms with Gasteiger partial charge in [0, 0.05) is 13.1 Å². The number of hydrogen-bond acceptors (Lipinski definition) is 3. The van der Waals surface area contributed by atoms with Gasteiger partial charge in [-0.15, -0.1) is 0 Å². The summed E-state index contributed by atoms with van der Waals surface area (Å²) in [5, 5.41) is 2.79. The van der Waals surface area contributed by atoms with Gasteiger partial charge in [0.15, 0.2) is 0 Å². The van der Waals surface area contributed by atoms with Crippen molar-refractivity contribution in [3.63, 3.8) is 0 Å². The van der Waals surface area contributed by atoms with Gasteiger partial charge in [0.05, 0.1) is 13.1 Å². The highest BCUT2D eigenvalue weighted by atomic mass is 16.2. The zero-order valence-corrected chi connectivity index (χ0v) is 15.0. The van der Waals surface area contributed by atoms with Crippen molar-refractivity contribution in [3.05, 3.63) is 35.9 Å². The maximum absolute atomic E-state index is 12.1. The van der Waals surface area contributed by atoms with Crippen molar-refractivity contribution in [2.45, 2.75) is 32.1 Å². The van der Waals surface area contributed by atoms with Gasteiger partial charge >= 0.3 is 0 Å². The van der Waals surface area contributed by atoms with Gasteiger partial charge < -0.3 is 10.2 Å². The Morgan fingerprint density at radius 3 is 2.36 bits per heavy atom. The van der Waals surface area contributed by atoms with Crippen LogP contribution in [0, 0.1) is 5.92 Å². The maximum atomic E-state index is 12.1. The van der Waals surface area contributed by atoms with E-state index in [1.807, 2.05) is 4.90 Å². The molecule has 25 heavy (non-hydrogen) atoms. The van der Waals surface area contributed by atoms with Gasteiger partial charge in [-0.3, -0.25) is 14.5 Å². The molecule has 136 valence electrons. The van der Waals surface area contributed by atoms with Gasteiger partial charge in [-0.2, -0.15) is 0 Å². The van der Waals surface area contributed by atoms with Gasteiger partial charge in [-0.05, 0) is 56.7 Å². The van der Waals surface area contributed by atoms with Crippen molar-refractivity contribution < 1.29 is 9.59 Å². The summed E-state index contributed by atoms with van der Waals surface area (Å²) in [5.74, 6) is 0.722. The highest BCUT2D eigenvalue weighted by Gasteiger charge is 2.22. The van der Waals surface area contributed by atoms with E-state index in [4.69, 9.17) is 0 Å². The molecule has 2 heterocycles. The lowest BCUT2D eigenvalue weighted by atomic mass is 9.90. The molecule has 0 aliphatic carbocycles. The normalized spacial score (nSPS) is 19.1. The van der Waals surface area contributed by atoms with Crippen LogP contribution in [0.1, 0.15) is 31.2 Å². The molecule has 0 unspecified atom stereocenters. The molecule has 5 heteroatoms. The second kappa shape index (κ2) is 8.99. The molecule has 1 N–H and O–H groups in total. The smallest absolute Gasteiger partial charge is 0.241 e. The Hall–Kier alpha value is -1.88. The molecule has 2 amide bonds. The average Bonchev–Trinajstić information content (AvgIpc) is 3.17. The number of benzene rings is 1. The quantitative estimate of drug-likeness (QED) is 0.855. The molecule has 0 saturated carbocycles. The van der Waals surface area contributed by atoms with Crippen molar-refractivity contribution in [2.24, 2.45) is 5.92 Å². The lowest BCUT2D eigenvalue weighted by Gasteiger charge is -2.31. The molecule has 2 fully saturated rings. The molecule has 2 aliphatic heterocycles. The summed E-state index contributed by atoms with van der Waals surface area (Å²) < 4.78 is 0. The first-order chi connectivity index (χ1) is 12.2. The third kappa shape index (κ3) is 5.56. The summed E-state index contributed by atoms with van der Waals surface area (Å²) in [7, 11) is 0. The van der Waals surface area contributed by atoms with Crippen LogP contribution in [0.3, 0.4) is 0 Å². The molecule has 5 nitrogen and oxygen atoms in total. The third-order valence-electron chi connectivity index (χ3n) is 5.34. The minimum absolute atomic E-state index is 0.0333. The highest BCUT2D eigenvalue weighted by Crippen LogP contribution is 2.21. The standard InChI is InChI=1S/C20H29N3O2/c24-19(21-15-20(25)23-10-4-5-11-23)16-22-12-8-18(9-13-22)14-17-6-2-1-3-7-17/h1-3,6-7,18H,4-5,8-16H2,(H,21,24). The summed E-state index contributed by atoms with van der Waals surface area (Å²) in [6, 6.07) is 10.6. The second-order valence-electron chi connectivity index (χ2n) is 7.27. The van der Waals surface area contributed by atoms with Crippen molar-refractivity contribution in [1.29, 1.82) is 0 Å². The van der Waals surface area contributed by atoms with Gasteiger partial charge in [0.25, 0.3) is 0 Å². The zero-order valence-electron chi connectivity index (χ0n) is 15.0. The Kier molecular flexibility index (Phi) is 6.45. The van der Waals surface area contributed by atoms with E-state index in [0.717, 1.165) is 58.3 Å². The SMILES string of the molecule is O=C(CN1CCC(Cc2ccccc2)CC1)NCC(=O)N1CCCC1. The van der Waals surface area contributed by atoms with Crippen LogP contribution in [0.25, 0.3) is 0 Å². The number of carbonyl (C=O) groups is 2. The summed E-state index contributed by atoms with van der Waals surface area (Å²) in [4.78, 5) is 28.1. The van der Waals surface area contributed by atoms with Gasteiger partial charge in [0.2, 0.25) is 11.8 Å². The number of rotatable bonds is 6. The van der Waals surface area contributed by atoms with Gasteiger partial charge in [-0.1, -0.05) is 30.3 Å². The maximum Gasteiger partial charge on any atom is 0.241 e. The Morgan fingerprint density at radius 1 is 1.00 bits per heavy atom. The predicted octanol–water partition coefficient (Wildman–Crippen LogP) is 1.68. The molecule has 1 aromatic rings. The van der Waals surface area contributed by atoms with Crippen LogP contribution < -0.4 is 5.32 Å². The van der Waals surface area contributed by atoms with Gasteiger partial charge in [-0.25, -0.2) is 0 Å². The molecule has 0 atom stereocenters. The molecular weight excluding hydrogens is 314 g/mol. The number of hydrogen-bond donors (Lipinski definition) is 1. The highest BCUT2D eigenvalue weighted by molar-refractivity contribution is 5.85. The number of amides is 2. The second-order valence-corrected chi connectivity index (χ2v) is 7.27. The van der Waals surface area contributed by atoms with Gasteiger partial charge in [0.1, 0.15) is 0 Å². The lowest BCUT2D eigenvalue weighted by Crippen LogP contribution is -2.45. The fourth-order valence-electron chi connectivity index (χ4n) is 3.81. The number of nitrogens with one attached hydrogen (secondary N) is 1.